The molecule has 0 aliphatic carbocycles. The number of hydrogen-bond acceptors (Lipinski definition) is 9. The van der Waals surface area contributed by atoms with Gasteiger partial charge in [0.05, 0.1) is 19.8 Å². The van der Waals surface area contributed by atoms with Crippen LogP contribution in [-0.2, 0) is 20.7 Å². The summed E-state index contributed by atoms with van der Waals surface area (Å²) in [5, 5.41) is 4.15. The van der Waals surface area contributed by atoms with E-state index in [4.69, 9.17) is 42.1 Å². The van der Waals surface area contributed by atoms with Crippen LogP contribution < -0.4 is 19.8 Å². The second kappa shape index (κ2) is 16.4. The fourth-order valence-corrected chi connectivity index (χ4v) is 6.95. The van der Waals surface area contributed by atoms with Crippen LogP contribution in [0, 0.1) is 5.92 Å². The Labute approximate surface area is 295 Å². The minimum atomic E-state index is -0.778. The number of carbonyl (C=O) groups is 2. The van der Waals surface area contributed by atoms with Gasteiger partial charge >= 0.3 is 11.9 Å². The van der Waals surface area contributed by atoms with E-state index in [2.05, 4.69) is 15.2 Å². The van der Waals surface area contributed by atoms with E-state index in [0.717, 1.165) is 38.0 Å². The highest BCUT2D eigenvalue weighted by Crippen LogP contribution is 2.36. The standard InChI is InChI=1S/C37H37Cl2N3O6.H2O/c1-45-31-12-11-25(18-33(31)46-2)32(19-28-29(38)20-40-21-30(28)39)47-36(43)26-9-6-10-27(17-26)41-35(24-7-4-3-5-8-24)37(44)48-34-22-42-15-13-23(34)14-16-42;/h3-12,17-18,20-21,23,32,34-35,41H,13-16,19,22H2,1-2H3;1H2/t32-,34?,35?;/m0./s1. The summed E-state index contributed by atoms with van der Waals surface area (Å²) >= 11 is 13.0. The summed E-state index contributed by atoms with van der Waals surface area (Å²) in [6.07, 6.45) is 4.61. The molecule has 3 aliphatic heterocycles. The van der Waals surface area contributed by atoms with Crippen molar-refractivity contribution in [2.45, 2.75) is 37.5 Å². The number of halogens is 2. The lowest BCUT2D eigenvalue weighted by atomic mass is 9.86. The van der Waals surface area contributed by atoms with Crippen LogP contribution in [0.4, 0.5) is 5.69 Å². The van der Waals surface area contributed by atoms with Crippen molar-refractivity contribution in [2.24, 2.45) is 5.92 Å². The molecule has 0 saturated carbocycles. The molecule has 4 aromatic rings. The number of piperidine rings is 3. The van der Waals surface area contributed by atoms with E-state index >= 15 is 0 Å². The Morgan fingerprint density at radius 1 is 0.898 bits per heavy atom. The van der Waals surface area contributed by atoms with Gasteiger partial charge in [-0.05, 0) is 73.3 Å². The summed E-state index contributed by atoms with van der Waals surface area (Å²) in [6.45, 7) is 2.87. The minimum absolute atomic E-state index is 0. The second-order valence-corrected chi connectivity index (χ2v) is 12.8. The molecule has 3 saturated heterocycles. The van der Waals surface area contributed by atoms with Crippen molar-refractivity contribution < 1.29 is 39.0 Å². The smallest absolute Gasteiger partial charge is 0.338 e. The number of hydrogen-bond donors (Lipinski definition) is 1. The molecule has 3 fully saturated rings. The molecule has 7 rings (SSSR count). The maximum absolute atomic E-state index is 13.8. The molecule has 3 aliphatic rings. The fraction of sp³-hybridized carbons (Fsp3) is 0.324. The van der Waals surface area contributed by atoms with Gasteiger partial charge in [-0.25, -0.2) is 14.6 Å². The number of rotatable bonds is 12. The molecule has 4 heterocycles. The van der Waals surface area contributed by atoms with Gasteiger partial charge in [0.2, 0.25) is 0 Å². The number of aromatic nitrogens is 1. The second-order valence-electron chi connectivity index (χ2n) is 12.0. The van der Waals surface area contributed by atoms with Crippen LogP contribution in [0.1, 0.15) is 52.0 Å². The number of fused-ring (bicyclic) bond motifs is 3. The molecule has 12 heteroatoms. The van der Waals surface area contributed by atoms with Gasteiger partial charge in [-0.2, -0.15) is 0 Å². The van der Waals surface area contributed by atoms with Crippen molar-refractivity contribution in [3.8, 4) is 11.5 Å². The van der Waals surface area contributed by atoms with Crippen molar-refractivity contribution in [3.05, 3.63) is 117 Å². The summed E-state index contributed by atoms with van der Waals surface area (Å²) in [5.74, 6) is 0.480. The lowest BCUT2D eigenvalue weighted by molar-refractivity contribution is -0.377. The number of methoxy groups -OCH3 is 2. The van der Waals surface area contributed by atoms with Crippen LogP contribution in [0.25, 0.3) is 0 Å². The maximum Gasteiger partial charge on any atom is 0.338 e. The molecule has 2 bridgehead atoms. The number of aromatic amines is 1. The fourth-order valence-electron chi connectivity index (χ4n) is 6.42. The number of carbonyl (C=O) groups excluding carboxylic acids is 2. The third-order valence-electron chi connectivity index (χ3n) is 9.06. The van der Waals surface area contributed by atoms with Gasteiger partial charge in [-0.1, -0.05) is 65.7 Å². The Balaban J connectivity index is 0.00000468. The molecule has 1 aromatic heterocycles. The Morgan fingerprint density at radius 2 is 1.61 bits per heavy atom. The van der Waals surface area contributed by atoms with Crippen molar-refractivity contribution in [2.75, 3.05) is 39.2 Å². The number of esters is 2. The number of pyridine rings is 1. The lowest BCUT2D eigenvalue weighted by Crippen LogP contribution is -2.52. The summed E-state index contributed by atoms with van der Waals surface area (Å²) in [7, 11) is 3.09. The van der Waals surface area contributed by atoms with Crippen LogP contribution in [0.2, 0.25) is 10.0 Å². The number of H-pyrrole nitrogens is 1. The molecule has 0 radical (unpaired) electrons. The number of nitrogens with zero attached hydrogens (tertiary/aromatic N) is 1. The molecule has 49 heavy (non-hydrogen) atoms. The Morgan fingerprint density at radius 3 is 2.27 bits per heavy atom. The number of ether oxygens (including phenoxy) is 4. The molecule has 3 aromatic carbocycles. The van der Waals surface area contributed by atoms with E-state index in [0.29, 0.717) is 49.8 Å². The van der Waals surface area contributed by atoms with Crippen LogP contribution in [0.15, 0.2) is 85.2 Å². The van der Waals surface area contributed by atoms with E-state index in [-0.39, 0.29) is 24.0 Å². The molecule has 3 N–H and O–H groups in total. The van der Waals surface area contributed by atoms with Gasteiger partial charge in [0, 0.05) is 24.2 Å². The summed E-state index contributed by atoms with van der Waals surface area (Å²) < 4.78 is 23.2. The number of anilines is 1. The number of benzene rings is 3. The van der Waals surface area contributed by atoms with Gasteiger partial charge in [-0.3, -0.25) is 4.90 Å². The monoisotopic (exact) mass is 707 g/mol. The molecule has 0 spiro atoms. The summed E-state index contributed by atoms with van der Waals surface area (Å²) in [6, 6.07) is 20.9. The predicted molar refractivity (Wildman–Crippen MR) is 185 cm³/mol. The van der Waals surface area contributed by atoms with Crippen molar-refractivity contribution in [3.63, 3.8) is 0 Å². The van der Waals surface area contributed by atoms with Gasteiger partial charge in [0.25, 0.3) is 0 Å². The highest BCUT2D eigenvalue weighted by Gasteiger charge is 2.38. The Kier molecular flexibility index (Phi) is 12.0. The van der Waals surface area contributed by atoms with E-state index in [1.165, 1.54) is 7.11 Å². The highest BCUT2D eigenvalue weighted by atomic mass is 35.5. The van der Waals surface area contributed by atoms with E-state index in [1.807, 2.05) is 30.3 Å². The van der Waals surface area contributed by atoms with Gasteiger partial charge in [0.15, 0.2) is 29.9 Å². The topological polar surface area (TPSA) is 130 Å². The van der Waals surface area contributed by atoms with E-state index in [1.54, 1.807) is 62.0 Å². The first kappa shape index (κ1) is 35.9. The normalized spacial score (nSPS) is 19.1. The maximum atomic E-state index is 13.8. The minimum Gasteiger partial charge on any atom is -0.870 e. The molecule has 10 nitrogen and oxygen atoms in total. The molecule has 2 unspecified atom stereocenters. The van der Waals surface area contributed by atoms with Gasteiger partial charge in [0.1, 0.15) is 22.3 Å². The summed E-state index contributed by atoms with van der Waals surface area (Å²) in [5.41, 5.74) is 2.90. The Bertz CT molecular complexity index is 1730. The zero-order valence-corrected chi connectivity index (χ0v) is 28.7. The molecule has 0 amide bonds. The molecule has 3 atom stereocenters. The zero-order valence-electron chi connectivity index (χ0n) is 27.2. The third-order valence-corrected chi connectivity index (χ3v) is 9.73. The SMILES string of the molecule is COc1ccc([C@H](Cc2c(Cl)c[nH+]cc2Cl)OC(=O)c2cccc(NC(C(=O)OC3CN4CCC3CC4)c3ccccc3)c2)cc1OC.[OH-]. The quantitative estimate of drug-likeness (QED) is 0.162. The molecular weight excluding hydrogens is 669 g/mol. The van der Waals surface area contributed by atoms with Gasteiger partial charge < -0.3 is 29.7 Å². The van der Waals surface area contributed by atoms with Crippen molar-refractivity contribution >= 4 is 40.8 Å². The first-order valence-corrected chi connectivity index (χ1v) is 16.7. The average molecular weight is 709 g/mol. The van der Waals surface area contributed by atoms with Crippen LogP contribution in [0.5, 0.6) is 11.5 Å². The molecule has 258 valence electrons. The predicted octanol–water partition coefficient (Wildman–Crippen LogP) is 6.58. The van der Waals surface area contributed by atoms with Gasteiger partial charge in [-0.15, -0.1) is 0 Å². The van der Waals surface area contributed by atoms with Crippen LogP contribution >= 0.6 is 23.2 Å². The average Bonchev–Trinajstić information content (AvgIpc) is 3.12. The van der Waals surface area contributed by atoms with Crippen molar-refractivity contribution in [1.82, 2.24) is 4.90 Å². The van der Waals surface area contributed by atoms with Crippen molar-refractivity contribution in [1.29, 1.82) is 0 Å². The first-order valence-electron chi connectivity index (χ1n) is 15.9. The highest BCUT2D eigenvalue weighted by molar-refractivity contribution is 6.35. The largest absolute Gasteiger partial charge is 0.870 e. The van der Waals surface area contributed by atoms with E-state index in [9.17, 15) is 9.59 Å². The molecular formula is C37H39Cl2N3O7. The van der Waals surface area contributed by atoms with Crippen LogP contribution in [0.3, 0.4) is 0 Å². The Hall–Kier alpha value is -4.35. The van der Waals surface area contributed by atoms with Crippen LogP contribution in [-0.4, -0.2) is 62.3 Å². The lowest BCUT2D eigenvalue weighted by Gasteiger charge is -2.44. The van der Waals surface area contributed by atoms with E-state index < -0.39 is 18.1 Å². The first-order chi connectivity index (χ1) is 23.3. The number of nitrogens with one attached hydrogen (secondary N) is 2. The zero-order chi connectivity index (χ0) is 33.6. The third kappa shape index (κ3) is 8.45. The summed E-state index contributed by atoms with van der Waals surface area (Å²) in [4.78, 5) is 32.7.